The number of carbonyl (C=O) groups is 1. The van der Waals surface area contributed by atoms with Crippen LogP contribution < -0.4 is 5.32 Å². The summed E-state index contributed by atoms with van der Waals surface area (Å²) in [4.78, 5) is 16.4. The van der Waals surface area contributed by atoms with Gasteiger partial charge in [0.1, 0.15) is 0 Å². The number of nitrogens with zero attached hydrogens (tertiary/aromatic N) is 1. The lowest BCUT2D eigenvalue weighted by atomic mass is 10.1. The molecule has 1 aliphatic carbocycles. The molecule has 0 aliphatic heterocycles. The Kier molecular flexibility index (Phi) is 3.98. The van der Waals surface area contributed by atoms with Crippen LogP contribution in [0.1, 0.15) is 46.2 Å². The number of carbonyl (C=O) groups excluding carboxylic acids is 1. The highest BCUT2D eigenvalue weighted by Crippen LogP contribution is 2.59. The normalized spacial score (nSPS) is 24.6. The van der Waals surface area contributed by atoms with Crippen molar-refractivity contribution in [2.75, 3.05) is 0 Å². The first-order valence-corrected chi connectivity index (χ1v) is 7.19. The van der Waals surface area contributed by atoms with Crippen molar-refractivity contribution in [3.63, 3.8) is 0 Å². The smallest absolute Gasteiger partial charge is 0.224 e. The second-order valence-electron chi connectivity index (χ2n) is 6.58. The van der Waals surface area contributed by atoms with Crippen LogP contribution in [0.3, 0.4) is 0 Å². The van der Waals surface area contributed by atoms with Crippen molar-refractivity contribution in [3.05, 3.63) is 41.7 Å². The number of rotatable bonds is 4. The SMILES string of the molecule is CC(C)=CC1C(C(=O)NC(C)c2ccncc2)C1(C)C. The van der Waals surface area contributed by atoms with Gasteiger partial charge in [-0.1, -0.05) is 25.5 Å². The summed E-state index contributed by atoms with van der Waals surface area (Å²) in [5, 5.41) is 3.12. The summed E-state index contributed by atoms with van der Waals surface area (Å²) >= 11 is 0. The molecular weight excluding hydrogens is 248 g/mol. The van der Waals surface area contributed by atoms with E-state index in [2.05, 4.69) is 44.1 Å². The average molecular weight is 272 g/mol. The van der Waals surface area contributed by atoms with Gasteiger partial charge < -0.3 is 5.32 Å². The van der Waals surface area contributed by atoms with E-state index in [-0.39, 0.29) is 23.3 Å². The molecule has 1 fully saturated rings. The Bertz CT molecular complexity index is 515. The largest absolute Gasteiger partial charge is 0.349 e. The van der Waals surface area contributed by atoms with Crippen LogP contribution in [0.2, 0.25) is 0 Å². The molecule has 1 heterocycles. The summed E-state index contributed by atoms with van der Waals surface area (Å²) in [6, 6.07) is 3.90. The zero-order valence-corrected chi connectivity index (χ0v) is 13.0. The fourth-order valence-corrected chi connectivity index (χ4v) is 2.89. The van der Waals surface area contributed by atoms with Gasteiger partial charge in [0.15, 0.2) is 0 Å². The molecular formula is C17H24N2O. The van der Waals surface area contributed by atoms with E-state index < -0.39 is 0 Å². The van der Waals surface area contributed by atoms with Crippen LogP contribution in [0, 0.1) is 17.3 Å². The standard InChI is InChI=1S/C17H24N2O/c1-11(2)10-14-15(17(14,4)5)16(20)19-12(3)13-6-8-18-9-7-13/h6-10,12,14-15H,1-5H3,(H,19,20). The number of nitrogens with one attached hydrogen (secondary N) is 1. The lowest BCUT2D eigenvalue weighted by Crippen LogP contribution is -2.29. The van der Waals surface area contributed by atoms with Crippen molar-refractivity contribution in [2.24, 2.45) is 17.3 Å². The molecule has 1 aromatic rings. The Morgan fingerprint density at radius 1 is 1.35 bits per heavy atom. The number of allylic oxidation sites excluding steroid dienone is 2. The van der Waals surface area contributed by atoms with Gasteiger partial charge >= 0.3 is 0 Å². The first kappa shape index (κ1) is 14.8. The molecule has 3 heteroatoms. The van der Waals surface area contributed by atoms with Crippen LogP contribution in [-0.2, 0) is 4.79 Å². The molecule has 0 aromatic carbocycles. The predicted octanol–water partition coefficient (Wildman–Crippen LogP) is 3.50. The Morgan fingerprint density at radius 2 is 1.95 bits per heavy atom. The third kappa shape index (κ3) is 2.92. The number of hydrogen-bond donors (Lipinski definition) is 1. The van der Waals surface area contributed by atoms with E-state index in [1.54, 1.807) is 12.4 Å². The van der Waals surface area contributed by atoms with Crippen molar-refractivity contribution in [2.45, 2.75) is 40.7 Å². The van der Waals surface area contributed by atoms with Crippen LogP contribution in [0.4, 0.5) is 0 Å². The third-order valence-corrected chi connectivity index (χ3v) is 4.27. The summed E-state index contributed by atoms with van der Waals surface area (Å²) < 4.78 is 0. The predicted molar refractivity (Wildman–Crippen MR) is 81.0 cm³/mol. The zero-order chi connectivity index (χ0) is 14.9. The molecule has 3 nitrogen and oxygen atoms in total. The Balaban J connectivity index is 2.02. The van der Waals surface area contributed by atoms with Crippen molar-refractivity contribution in [1.29, 1.82) is 0 Å². The molecule has 0 spiro atoms. The fourth-order valence-electron chi connectivity index (χ4n) is 2.89. The van der Waals surface area contributed by atoms with Gasteiger partial charge in [-0.15, -0.1) is 0 Å². The fraction of sp³-hybridized carbons (Fsp3) is 0.529. The van der Waals surface area contributed by atoms with E-state index >= 15 is 0 Å². The quantitative estimate of drug-likeness (QED) is 0.852. The van der Waals surface area contributed by atoms with Gasteiger partial charge in [0.25, 0.3) is 0 Å². The minimum Gasteiger partial charge on any atom is -0.349 e. The van der Waals surface area contributed by atoms with Crippen LogP contribution in [-0.4, -0.2) is 10.9 Å². The summed E-state index contributed by atoms with van der Waals surface area (Å²) in [7, 11) is 0. The van der Waals surface area contributed by atoms with E-state index in [0.717, 1.165) is 5.56 Å². The summed E-state index contributed by atoms with van der Waals surface area (Å²) in [5.41, 5.74) is 2.44. The Morgan fingerprint density at radius 3 is 2.50 bits per heavy atom. The molecule has 0 saturated heterocycles. The molecule has 1 aromatic heterocycles. The maximum Gasteiger partial charge on any atom is 0.224 e. The molecule has 0 bridgehead atoms. The number of hydrogen-bond acceptors (Lipinski definition) is 2. The van der Waals surface area contributed by atoms with Gasteiger partial charge in [0, 0.05) is 12.4 Å². The molecule has 20 heavy (non-hydrogen) atoms. The number of pyridine rings is 1. The van der Waals surface area contributed by atoms with Crippen molar-refractivity contribution in [1.82, 2.24) is 10.3 Å². The molecule has 1 amide bonds. The summed E-state index contributed by atoms with van der Waals surface area (Å²) in [6.45, 7) is 10.5. The van der Waals surface area contributed by atoms with E-state index in [0.29, 0.717) is 5.92 Å². The Hall–Kier alpha value is -1.64. The maximum atomic E-state index is 12.4. The van der Waals surface area contributed by atoms with Crippen molar-refractivity contribution in [3.8, 4) is 0 Å². The van der Waals surface area contributed by atoms with Gasteiger partial charge in [0.2, 0.25) is 5.91 Å². The number of aromatic nitrogens is 1. The highest BCUT2D eigenvalue weighted by molar-refractivity contribution is 5.84. The van der Waals surface area contributed by atoms with Crippen LogP contribution in [0.15, 0.2) is 36.2 Å². The van der Waals surface area contributed by atoms with Gasteiger partial charge in [-0.3, -0.25) is 9.78 Å². The second-order valence-corrected chi connectivity index (χ2v) is 6.58. The van der Waals surface area contributed by atoms with E-state index in [9.17, 15) is 4.79 Å². The molecule has 2 rings (SSSR count). The first-order chi connectivity index (χ1) is 9.34. The lowest BCUT2D eigenvalue weighted by molar-refractivity contribution is -0.123. The molecule has 108 valence electrons. The van der Waals surface area contributed by atoms with Crippen LogP contribution in [0.5, 0.6) is 0 Å². The highest BCUT2D eigenvalue weighted by Gasteiger charge is 2.60. The topological polar surface area (TPSA) is 42.0 Å². The summed E-state index contributed by atoms with van der Waals surface area (Å²) in [5.74, 6) is 0.598. The third-order valence-electron chi connectivity index (χ3n) is 4.27. The summed E-state index contributed by atoms with van der Waals surface area (Å²) in [6.07, 6.45) is 5.73. The Labute approximate surface area is 121 Å². The lowest BCUT2D eigenvalue weighted by Gasteiger charge is -2.14. The monoisotopic (exact) mass is 272 g/mol. The van der Waals surface area contributed by atoms with Crippen LogP contribution >= 0.6 is 0 Å². The van der Waals surface area contributed by atoms with E-state index in [1.807, 2.05) is 19.1 Å². The first-order valence-electron chi connectivity index (χ1n) is 7.19. The van der Waals surface area contributed by atoms with Crippen molar-refractivity contribution >= 4 is 5.91 Å². The minimum atomic E-state index is 0.0225. The molecule has 0 radical (unpaired) electrons. The highest BCUT2D eigenvalue weighted by atomic mass is 16.2. The zero-order valence-electron chi connectivity index (χ0n) is 13.0. The second kappa shape index (κ2) is 5.39. The number of amides is 1. The minimum absolute atomic E-state index is 0.0225. The molecule has 1 aliphatic rings. The van der Waals surface area contributed by atoms with Gasteiger partial charge in [-0.2, -0.15) is 0 Å². The van der Waals surface area contributed by atoms with E-state index in [4.69, 9.17) is 0 Å². The van der Waals surface area contributed by atoms with Crippen molar-refractivity contribution < 1.29 is 4.79 Å². The van der Waals surface area contributed by atoms with Gasteiger partial charge in [-0.25, -0.2) is 0 Å². The molecule has 3 atom stereocenters. The maximum absolute atomic E-state index is 12.4. The van der Waals surface area contributed by atoms with Crippen LogP contribution in [0.25, 0.3) is 0 Å². The molecule has 3 unspecified atom stereocenters. The molecule has 1 saturated carbocycles. The van der Waals surface area contributed by atoms with Gasteiger partial charge in [-0.05, 0) is 49.8 Å². The van der Waals surface area contributed by atoms with E-state index in [1.165, 1.54) is 5.57 Å². The molecule has 1 N–H and O–H groups in total. The van der Waals surface area contributed by atoms with Gasteiger partial charge in [0.05, 0.1) is 12.0 Å². The average Bonchev–Trinajstić information content (AvgIpc) is 2.91.